The molecule has 0 spiro atoms. The molecule has 3 aromatic rings. The highest BCUT2D eigenvalue weighted by molar-refractivity contribution is 6.30. The minimum Gasteiger partial charge on any atom is -0.272 e. The van der Waals surface area contributed by atoms with Crippen LogP contribution in [0.2, 0.25) is 5.02 Å². The number of H-pyrrole nitrogens is 1. The molecule has 1 aromatic heterocycles. The predicted octanol–water partition coefficient (Wildman–Crippen LogP) is 3.88. The van der Waals surface area contributed by atoms with Gasteiger partial charge in [-0.2, -0.15) is 10.2 Å². The Balaban J connectivity index is 1.71. The molecule has 0 radical (unpaired) electrons. The maximum Gasteiger partial charge on any atom is 0.289 e. The van der Waals surface area contributed by atoms with Crippen molar-refractivity contribution in [3.05, 3.63) is 76.9 Å². The molecule has 0 unspecified atom stereocenters. The molecule has 3 rings (SSSR count). The number of benzene rings is 2. The molecule has 24 heavy (non-hydrogen) atoms. The predicted molar refractivity (Wildman–Crippen MR) is 95.2 cm³/mol. The maximum atomic E-state index is 12.2. The number of aromatic amines is 1. The maximum absolute atomic E-state index is 12.2. The fourth-order valence-corrected chi connectivity index (χ4v) is 2.27. The van der Waals surface area contributed by atoms with Gasteiger partial charge in [-0.3, -0.25) is 9.89 Å². The summed E-state index contributed by atoms with van der Waals surface area (Å²) in [5.74, 6) is -0.349. The van der Waals surface area contributed by atoms with Gasteiger partial charge >= 0.3 is 0 Å². The molecule has 0 aliphatic carbocycles. The first-order chi connectivity index (χ1) is 11.6. The second-order valence-corrected chi connectivity index (χ2v) is 5.61. The molecular weight excluding hydrogens is 324 g/mol. The fraction of sp³-hybridized carbons (Fsp3) is 0.0556. The van der Waals surface area contributed by atoms with Crippen LogP contribution in [0.15, 0.2) is 65.8 Å². The van der Waals surface area contributed by atoms with Crippen LogP contribution >= 0.6 is 11.6 Å². The fourth-order valence-electron chi connectivity index (χ4n) is 2.15. The smallest absolute Gasteiger partial charge is 0.272 e. The number of nitrogens with one attached hydrogen (secondary N) is 2. The van der Waals surface area contributed by atoms with Crippen molar-refractivity contribution in [3.63, 3.8) is 0 Å². The first kappa shape index (κ1) is 16.0. The van der Waals surface area contributed by atoms with Gasteiger partial charge in [0.25, 0.3) is 5.91 Å². The van der Waals surface area contributed by atoms with Gasteiger partial charge in [-0.05, 0) is 30.7 Å². The van der Waals surface area contributed by atoms with E-state index < -0.39 is 0 Å². The van der Waals surface area contributed by atoms with E-state index in [2.05, 4.69) is 20.7 Å². The number of halogens is 1. The zero-order chi connectivity index (χ0) is 16.9. The summed E-state index contributed by atoms with van der Waals surface area (Å²) in [5, 5.41) is 11.6. The van der Waals surface area contributed by atoms with E-state index in [1.807, 2.05) is 49.4 Å². The van der Waals surface area contributed by atoms with Crippen molar-refractivity contribution < 1.29 is 4.79 Å². The normalized spacial score (nSPS) is 11.3. The van der Waals surface area contributed by atoms with E-state index >= 15 is 0 Å². The SMILES string of the molecule is C/C(=N/NC(=O)c1cc(-c2ccc(Cl)cc2)n[nH]1)c1ccccc1. The monoisotopic (exact) mass is 338 g/mol. The highest BCUT2D eigenvalue weighted by Crippen LogP contribution is 2.20. The second kappa shape index (κ2) is 7.10. The first-order valence-electron chi connectivity index (χ1n) is 7.35. The molecule has 2 aromatic carbocycles. The van der Waals surface area contributed by atoms with Crippen LogP contribution in [0.25, 0.3) is 11.3 Å². The van der Waals surface area contributed by atoms with Gasteiger partial charge in [0.05, 0.1) is 11.4 Å². The van der Waals surface area contributed by atoms with Crippen LogP contribution in [0.1, 0.15) is 23.0 Å². The molecule has 0 saturated heterocycles. The van der Waals surface area contributed by atoms with E-state index in [1.54, 1.807) is 18.2 Å². The lowest BCUT2D eigenvalue weighted by molar-refractivity contribution is 0.0950. The van der Waals surface area contributed by atoms with Crippen LogP contribution in [0, 0.1) is 0 Å². The van der Waals surface area contributed by atoms with Gasteiger partial charge in [0.15, 0.2) is 0 Å². The van der Waals surface area contributed by atoms with E-state index in [1.165, 1.54) is 0 Å². The highest BCUT2D eigenvalue weighted by atomic mass is 35.5. The molecular formula is C18H15ClN4O. The topological polar surface area (TPSA) is 70.1 Å². The third-order valence-corrected chi connectivity index (χ3v) is 3.73. The summed E-state index contributed by atoms with van der Waals surface area (Å²) in [6.07, 6.45) is 0. The van der Waals surface area contributed by atoms with Crippen LogP contribution < -0.4 is 5.43 Å². The Morgan fingerprint density at radius 2 is 1.83 bits per heavy atom. The van der Waals surface area contributed by atoms with Crippen molar-refractivity contribution in [2.24, 2.45) is 5.10 Å². The highest BCUT2D eigenvalue weighted by Gasteiger charge is 2.10. The standard InChI is InChI=1S/C18H15ClN4O/c1-12(13-5-3-2-4-6-13)20-23-18(24)17-11-16(21-22-17)14-7-9-15(19)10-8-14/h2-11H,1H3,(H,21,22)(H,23,24)/b20-12-. The number of nitrogens with zero attached hydrogens (tertiary/aromatic N) is 2. The molecule has 0 atom stereocenters. The van der Waals surface area contributed by atoms with Crippen molar-refractivity contribution >= 4 is 23.2 Å². The number of carbonyl (C=O) groups excluding carboxylic acids is 1. The van der Waals surface area contributed by atoms with Gasteiger partial charge in [-0.15, -0.1) is 0 Å². The minimum absolute atomic E-state index is 0.338. The van der Waals surface area contributed by atoms with Crippen molar-refractivity contribution in [1.29, 1.82) is 0 Å². The summed E-state index contributed by atoms with van der Waals surface area (Å²) in [4.78, 5) is 12.2. The number of hydrogen-bond acceptors (Lipinski definition) is 3. The summed E-state index contributed by atoms with van der Waals surface area (Å²) < 4.78 is 0. The number of carbonyl (C=O) groups is 1. The van der Waals surface area contributed by atoms with E-state index in [-0.39, 0.29) is 5.91 Å². The number of hydrogen-bond donors (Lipinski definition) is 2. The Morgan fingerprint density at radius 1 is 1.12 bits per heavy atom. The lowest BCUT2D eigenvalue weighted by Crippen LogP contribution is -2.19. The lowest BCUT2D eigenvalue weighted by Gasteiger charge is -2.01. The third-order valence-electron chi connectivity index (χ3n) is 3.48. The zero-order valence-corrected chi connectivity index (χ0v) is 13.7. The summed E-state index contributed by atoms with van der Waals surface area (Å²) >= 11 is 5.87. The summed E-state index contributed by atoms with van der Waals surface area (Å²) in [6.45, 7) is 1.84. The first-order valence-corrected chi connectivity index (χ1v) is 7.72. The quantitative estimate of drug-likeness (QED) is 0.559. The molecule has 1 amide bonds. The van der Waals surface area contributed by atoms with E-state index in [9.17, 15) is 4.79 Å². The Bertz CT molecular complexity index is 870. The molecule has 0 aliphatic heterocycles. The molecule has 6 heteroatoms. The summed E-state index contributed by atoms with van der Waals surface area (Å²) in [7, 11) is 0. The van der Waals surface area contributed by atoms with Gasteiger partial charge in [-0.25, -0.2) is 5.43 Å². The largest absolute Gasteiger partial charge is 0.289 e. The van der Waals surface area contributed by atoms with Gasteiger partial charge < -0.3 is 0 Å². The molecule has 0 saturated carbocycles. The van der Waals surface area contributed by atoms with Crippen molar-refractivity contribution in [3.8, 4) is 11.3 Å². The van der Waals surface area contributed by atoms with Gasteiger partial charge in [0.1, 0.15) is 5.69 Å². The van der Waals surface area contributed by atoms with Gasteiger partial charge in [0.2, 0.25) is 0 Å². The van der Waals surface area contributed by atoms with E-state index in [0.29, 0.717) is 16.4 Å². The molecule has 0 fully saturated rings. The van der Waals surface area contributed by atoms with Crippen LogP contribution in [0.3, 0.4) is 0 Å². The lowest BCUT2D eigenvalue weighted by atomic mass is 10.1. The average molecular weight is 339 g/mol. The minimum atomic E-state index is -0.349. The summed E-state index contributed by atoms with van der Waals surface area (Å²) in [6, 6.07) is 18.5. The molecule has 1 heterocycles. The Kier molecular flexibility index (Phi) is 4.72. The Hall–Kier alpha value is -2.92. The molecule has 0 bridgehead atoms. The van der Waals surface area contributed by atoms with Crippen LogP contribution in [-0.4, -0.2) is 21.8 Å². The Labute approximate surface area is 144 Å². The second-order valence-electron chi connectivity index (χ2n) is 5.18. The van der Waals surface area contributed by atoms with E-state index in [0.717, 1.165) is 16.8 Å². The molecule has 0 aliphatic rings. The molecule has 5 nitrogen and oxygen atoms in total. The number of aromatic nitrogens is 2. The van der Waals surface area contributed by atoms with Crippen molar-refractivity contribution in [2.75, 3.05) is 0 Å². The molecule has 120 valence electrons. The number of rotatable bonds is 4. The molecule has 2 N–H and O–H groups in total. The zero-order valence-electron chi connectivity index (χ0n) is 13.0. The van der Waals surface area contributed by atoms with Gasteiger partial charge in [-0.1, -0.05) is 54.1 Å². The van der Waals surface area contributed by atoms with Crippen molar-refractivity contribution in [1.82, 2.24) is 15.6 Å². The number of amides is 1. The van der Waals surface area contributed by atoms with Crippen LogP contribution in [0.5, 0.6) is 0 Å². The number of hydrazone groups is 1. The third kappa shape index (κ3) is 3.70. The van der Waals surface area contributed by atoms with Gasteiger partial charge in [0, 0.05) is 10.6 Å². The van der Waals surface area contributed by atoms with E-state index in [4.69, 9.17) is 11.6 Å². The Morgan fingerprint density at radius 3 is 2.54 bits per heavy atom. The van der Waals surface area contributed by atoms with Crippen molar-refractivity contribution in [2.45, 2.75) is 6.92 Å². The van der Waals surface area contributed by atoms with Crippen LogP contribution in [0.4, 0.5) is 0 Å². The average Bonchev–Trinajstić information content (AvgIpc) is 3.11. The summed E-state index contributed by atoms with van der Waals surface area (Å²) in [5.41, 5.74) is 6.08. The van der Waals surface area contributed by atoms with Crippen LogP contribution in [-0.2, 0) is 0 Å².